The topological polar surface area (TPSA) is 96.0 Å². The van der Waals surface area contributed by atoms with Crippen LogP contribution in [0.4, 0.5) is 5.69 Å². The number of nitrogens with one attached hydrogen (secondary N) is 1. The number of benzene rings is 4. The molecule has 0 heterocycles. The van der Waals surface area contributed by atoms with Crippen molar-refractivity contribution in [1.29, 1.82) is 0 Å². The summed E-state index contributed by atoms with van der Waals surface area (Å²) in [5, 5.41) is 3.01. The largest absolute Gasteiger partial charge is 0.457 e. The van der Waals surface area contributed by atoms with E-state index in [0.717, 1.165) is 27.4 Å². The highest BCUT2D eigenvalue weighted by atomic mass is 32.2. The molecule has 0 aliphatic heterocycles. The van der Waals surface area contributed by atoms with Crippen molar-refractivity contribution < 1.29 is 22.7 Å². The van der Waals surface area contributed by atoms with E-state index in [-0.39, 0.29) is 23.4 Å². The molecule has 2 amide bonds. The van der Waals surface area contributed by atoms with Gasteiger partial charge in [0.15, 0.2) is 0 Å². The number of hydrogen-bond acceptors (Lipinski definition) is 5. The average Bonchev–Trinajstić information content (AvgIpc) is 3.04. The first kappa shape index (κ1) is 34.2. The van der Waals surface area contributed by atoms with Gasteiger partial charge in [-0.15, -0.1) is 0 Å². The molecule has 0 spiro atoms. The Morgan fingerprint density at radius 3 is 2.04 bits per heavy atom. The lowest BCUT2D eigenvalue weighted by atomic mass is 10.1. The van der Waals surface area contributed by atoms with E-state index in [1.165, 1.54) is 17.0 Å². The molecule has 4 rings (SSSR count). The lowest BCUT2D eigenvalue weighted by Gasteiger charge is -2.33. The predicted octanol–water partition coefficient (Wildman–Crippen LogP) is 7.01. The van der Waals surface area contributed by atoms with Gasteiger partial charge in [0.2, 0.25) is 11.8 Å². The highest BCUT2D eigenvalue weighted by molar-refractivity contribution is 7.92. The molecule has 0 aliphatic rings. The van der Waals surface area contributed by atoms with Crippen molar-refractivity contribution in [2.45, 2.75) is 71.0 Å². The number of amides is 2. The van der Waals surface area contributed by atoms with Gasteiger partial charge in [-0.3, -0.25) is 13.9 Å². The van der Waals surface area contributed by atoms with Crippen molar-refractivity contribution in [2.75, 3.05) is 10.8 Å². The second kappa shape index (κ2) is 15.6. The Hall–Kier alpha value is -4.63. The zero-order valence-corrected chi connectivity index (χ0v) is 28.0. The maximum absolute atomic E-state index is 14.3. The van der Waals surface area contributed by atoms with E-state index in [1.54, 1.807) is 36.4 Å². The number of hydrogen-bond donors (Lipinski definition) is 1. The molecular formula is C37H43N3O5S. The Bertz CT molecular complexity index is 1710. The Morgan fingerprint density at radius 1 is 0.783 bits per heavy atom. The molecule has 4 aromatic rings. The van der Waals surface area contributed by atoms with Crippen LogP contribution in [0.1, 0.15) is 50.3 Å². The summed E-state index contributed by atoms with van der Waals surface area (Å²) in [7, 11) is -4.18. The van der Waals surface area contributed by atoms with Crippen LogP contribution in [0.5, 0.6) is 11.5 Å². The van der Waals surface area contributed by atoms with Gasteiger partial charge in [0.1, 0.15) is 24.1 Å². The normalized spacial score (nSPS) is 12.5. The van der Waals surface area contributed by atoms with Gasteiger partial charge in [0.05, 0.1) is 10.6 Å². The van der Waals surface area contributed by atoms with Crippen molar-refractivity contribution >= 4 is 27.5 Å². The minimum Gasteiger partial charge on any atom is -0.457 e. The first-order chi connectivity index (χ1) is 22.0. The van der Waals surface area contributed by atoms with Crippen molar-refractivity contribution in [2.24, 2.45) is 0 Å². The molecule has 2 atom stereocenters. The monoisotopic (exact) mass is 641 g/mol. The highest BCUT2D eigenvalue weighted by Crippen LogP contribution is 2.29. The molecule has 0 saturated carbocycles. The molecule has 0 bridgehead atoms. The Labute approximate surface area is 273 Å². The second-order valence-electron chi connectivity index (χ2n) is 11.5. The van der Waals surface area contributed by atoms with Crippen LogP contribution in [-0.2, 0) is 26.2 Å². The van der Waals surface area contributed by atoms with Gasteiger partial charge in [-0.25, -0.2) is 8.42 Å². The minimum absolute atomic E-state index is 0.0577. The van der Waals surface area contributed by atoms with E-state index in [9.17, 15) is 18.0 Å². The molecule has 0 saturated heterocycles. The number of rotatable bonds is 14. The van der Waals surface area contributed by atoms with Gasteiger partial charge in [-0.05, 0) is 87.7 Å². The molecular weight excluding hydrogens is 598 g/mol. The molecule has 0 radical (unpaired) electrons. The summed E-state index contributed by atoms with van der Waals surface area (Å²) in [6.07, 6.45) is 1.09. The maximum atomic E-state index is 14.3. The third-order valence-corrected chi connectivity index (χ3v) is 9.60. The smallest absolute Gasteiger partial charge is 0.264 e. The maximum Gasteiger partial charge on any atom is 0.264 e. The number of sulfonamides is 1. The number of para-hydroxylation sites is 1. The van der Waals surface area contributed by atoms with Gasteiger partial charge in [0, 0.05) is 12.6 Å². The van der Waals surface area contributed by atoms with Crippen LogP contribution in [-0.4, -0.2) is 43.8 Å². The first-order valence-electron chi connectivity index (χ1n) is 15.6. The zero-order valence-electron chi connectivity index (χ0n) is 27.1. The van der Waals surface area contributed by atoms with E-state index in [4.69, 9.17) is 4.74 Å². The second-order valence-corrected chi connectivity index (χ2v) is 13.3. The summed E-state index contributed by atoms with van der Waals surface area (Å²) in [6.45, 7) is 9.22. The molecule has 0 aliphatic carbocycles. The van der Waals surface area contributed by atoms with Crippen LogP contribution in [0.25, 0.3) is 0 Å². The van der Waals surface area contributed by atoms with Crippen molar-refractivity contribution in [3.05, 3.63) is 120 Å². The van der Waals surface area contributed by atoms with Crippen LogP contribution < -0.4 is 14.4 Å². The third kappa shape index (κ3) is 8.75. The Morgan fingerprint density at radius 2 is 1.43 bits per heavy atom. The van der Waals surface area contributed by atoms with Gasteiger partial charge in [-0.1, -0.05) is 79.6 Å². The molecule has 46 heavy (non-hydrogen) atoms. The Balaban J connectivity index is 1.73. The SMILES string of the molecule is CC[C@@H](C)NC(=O)[C@H](CC)N(Cc1cccc(C)c1)C(=O)CN(c1ccc(Oc2ccccc2)cc1)S(=O)(=O)c1ccc(C)cc1. The van der Waals surface area contributed by atoms with Crippen LogP contribution in [0.3, 0.4) is 0 Å². The molecule has 4 aromatic carbocycles. The molecule has 1 N–H and O–H groups in total. The first-order valence-corrected chi connectivity index (χ1v) is 17.0. The number of carbonyl (C=O) groups excluding carboxylic acids is 2. The number of anilines is 1. The fraction of sp³-hybridized carbons (Fsp3) is 0.297. The average molecular weight is 642 g/mol. The lowest BCUT2D eigenvalue weighted by Crippen LogP contribution is -2.53. The summed E-state index contributed by atoms with van der Waals surface area (Å²) in [5.41, 5.74) is 3.07. The van der Waals surface area contributed by atoms with E-state index in [1.807, 2.05) is 89.2 Å². The van der Waals surface area contributed by atoms with Crippen LogP contribution >= 0.6 is 0 Å². The van der Waals surface area contributed by atoms with E-state index in [2.05, 4.69) is 5.32 Å². The fourth-order valence-corrected chi connectivity index (χ4v) is 6.45. The van der Waals surface area contributed by atoms with Gasteiger partial charge in [-0.2, -0.15) is 0 Å². The van der Waals surface area contributed by atoms with Gasteiger partial charge < -0.3 is 15.0 Å². The summed E-state index contributed by atoms with van der Waals surface area (Å²) in [6, 6.07) is 29.2. The lowest BCUT2D eigenvalue weighted by molar-refractivity contribution is -0.140. The summed E-state index contributed by atoms with van der Waals surface area (Å²) >= 11 is 0. The number of aryl methyl sites for hydroxylation is 2. The predicted molar refractivity (Wildman–Crippen MR) is 182 cm³/mol. The van der Waals surface area contributed by atoms with Gasteiger partial charge >= 0.3 is 0 Å². The molecule has 0 unspecified atom stereocenters. The van der Waals surface area contributed by atoms with Crippen LogP contribution in [0, 0.1) is 13.8 Å². The van der Waals surface area contributed by atoms with Crippen molar-refractivity contribution in [3.8, 4) is 11.5 Å². The molecule has 8 nitrogen and oxygen atoms in total. The quantitative estimate of drug-likeness (QED) is 0.160. The molecule has 0 aromatic heterocycles. The van der Waals surface area contributed by atoms with Crippen molar-refractivity contribution in [3.63, 3.8) is 0 Å². The minimum atomic E-state index is -4.18. The molecule has 242 valence electrons. The van der Waals surface area contributed by atoms with E-state index >= 15 is 0 Å². The molecule has 9 heteroatoms. The zero-order chi connectivity index (χ0) is 33.3. The van der Waals surface area contributed by atoms with Gasteiger partial charge in [0.25, 0.3) is 10.0 Å². The fourth-order valence-electron chi connectivity index (χ4n) is 5.04. The van der Waals surface area contributed by atoms with Crippen LogP contribution in [0.15, 0.2) is 108 Å². The highest BCUT2D eigenvalue weighted by Gasteiger charge is 2.34. The third-order valence-electron chi connectivity index (χ3n) is 7.81. The number of carbonyl (C=O) groups is 2. The number of ether oxygens (including phenoxy) is 1. The van der Waals surface area contributed by atoms with Crippen molar-refractivity contribution in [1.82, 2.24) is 10.2 Å². The van der Waals surface area contributed by atoms with E-state index in [0.29, 0.717) is 23.6 Å². The molecule has 0 fully saturated rings. The van der Waals surface area contributed by atoms with Crippen LogP contribution in [0.2, 0.25) is 0 Å². The standard InChI is InChI=1S/C37H43N3O5S/c1-6-29(5)38-37(42)35(7-2)39(25-30-13-11-12-28(4)24-30)36(41)26-40(46(43,44)34-22-16-27(3)17-23-34)31-18-20-33(21-19-31)45-32-14-9-8-10-15-32/h8-24,29,35H,6-7,25-26H2,1-5H3,(H,38,42)/t29-,35+/m1/s1. The summed E-state index contributed by atoms with van der Waals surface area (Å²) in [5.74, 6) is 0.395. The summed E-state index contributed by atoms with van der Waals surface area (Å²) < 4.78 is 35.4. The summed E-state index contributed by atoms with van der Waals surface area (Å²) in [4.78, 5) is 29.4. The van der Waals surface area contributed by atoms with E-state index < -0.39 is 28.5 Å². The number of nitrogens with zero attached hydrogens (tertiary/aromatic N) is 2. The Kier molecular flexibility index (Phi) is 11.6.